The van der Waals surface area contributed by atoms with Crippen LogP contribution in [-0.2, 0) is 33.9 Å². The Balaban J connectivity index is 2.43. The molecule has 1 aliphatic rings. The topological polar surface area (TPSA) is 116 Å². The summed E-state index contributed by atoms with van der Waals surface area (Å²) in [5.41, 5.74) is -0.592. The Hall–Kier alpha value is -0.260. The van der Waals surface area contributed by atoms with E-state index in [-0.39, 0.29) is 13.0 Å². The van der Waals surface area contributed by atoms with Crippen molar-refractivity contribution in [1.82, 2.24) is 0 Å². The van der Waals surface area contributed by atoms with E-state index in [1.165, 1.54) is 0 Å². The third-order valence-electron chi connectivity index (χ3n) is 2.92. The maximum Gasteiger partial charge on any atom is 0.267 e. The molecule has 8 nitrogen and oxygen atoms in total. The van der Waals surface area contributed by atoms with E-state index in [4.69, 9.17) is 18.2 Å². The SMILES string of the molecule is CC1(COS(=O)(=O)CCCS(=O)(=O)O)COC(C)(C)OC1. The lowest BCUT2D eigenvalue weighted by Gasteiger charge is -2.40. The second kappa shape index (κ2) is 6.47. The van der Waals surface area contributed by atoms with E-state index in [1.54, 1.807) is 20.8 Å². The van der Waals surface area contributed by atoms with E-state index in [9.17, 15) is 16.8 Å². The lowest BCUT2D eigenvalue weighted by atomic mass is 9.93. The fraction of sp³-hybridized carbons (Fsp3) is 1.00. The molecule has 1 N–H and O–H groups in total. The molecule has 21 heavy (non-hydrogen) atoms. The van der Waals surface area contributed by atoms with Crippen LogP contribution in [0.3, 0.4) is 0 Å². The van der Waals surface area contributed by atoms with E-state index in [1.807, 2.05) is 0 Å². The van der Waals surface area contributed by atoms with Crippen LogP contribution in [0.1, 0.15) is 27.2 Å². The molecule has 1 heterocycles. The summed E-state index contributed by atoms with van der Waals surface area (Å²) in [6.07, 6.45) is -0.224. The van der Waals surface area contributed by atoms with Gasteiger partial charge in [-0.15, -0.1) is 0 Å². The minimum absolute atomic E-state index is 0.114. The predicted octanol–water partition coefficient (Wildman–Crippen LogP) is 0.400. The zero-order valence-electron chi connectivity index (χ0n) is 12.4. The molecule has 0 spiro atoms. The Morgan fingerprint density at radius 2 is 1.57 bits per heavy atom. The van der Waals surface area contributed by atoms with Crippen molar-refractivity contribution in [3.05, 3.63) is 0 Å². The maximum atomic E-state index is 11.6. The van der Waals surface area contributed by atoms with Gasteiger partial charge in [-0.2, -0.15) is 16.8 Å². The third-order valence-corrected chi connectivity index (χ3v) is 4.99. The molecule has 0 aliphatic carbocycles. The van der Waals surface area contributed by atoms with Crippen LogP contribution in [0, 0.1) is 5.41 Å². The molecule has 10 heteroatoms. The van der Waals surface area contributed by atoms with Crippen molar-refractivity contribution in [3.8, 4) is 0 Å². The average Bonchev–Trinajstić information content (AvgIpc) is 2.30. The van der Waals surface area contributed by atoms with Gasteiger partial charge in [0.05, 0.1) is 31.3 Å². The zero-order chi connectivity index (χ0) is 16.4. The minimum Gasteiger partial charge on any atom is -0.350 e. The number of rotatable bonds is 7. The van der Waals surface area contributed by atoms with Gasteiger partial charge in [0.2, 0.25) is 0 Å². The number of hydrogen-bond donors (Lipinski definition) is 1. The zero-order valence-corrected chi connectivity index (χ0v) is 14.0. The third kappa shape index (κ3) is 7.52. The predicted molar refractivity (Wildman–Crippen MR) is 74.9 cm³/mol. The Kier molecular flexibility index (Phi) is 5.79. The molecule has 0 bridgehead atoms. The number of hydrogen-bond acceptors (Lipinski definition) is 7. The lowest BCUT2D eigenvalue weighted by Crippen LogP contribution is -2.47. The highest BCUT2D eigenvalue weighted by molar-refractivity contribution is 7.87. The fourth-order valence-corrected chi connectivity index (χ4v) is 3.34. The Morgan fingerprint density at radius 1 is 1.05 bits per heavy atom. The molecule has 0 saturated carbocycles. The molecule has 0 aromatic heterocycles. The van der Waals surface area contributed by atoms with E-state index in [0.717, 1.165) is 0 Å². The summed E-state index contributed by atoms with van der Waals surface area (Å²) in [6.45, 7) is 5.77. The smallest absolute Gasteiger partial charge is 0.267 e. The summed E-state index contributed by atoms with van der Waals surface area (Å²) >= 11 is 0. The van der Waals surface area contributed by atoms with Crippen LogP contribution in [0.5, 0.6) is 0 Å². The summed E-state index contributed by atoms with van der Waals surface area (Å²) in [4.78, 5) is 0. The van der Waals surface area contributed by atoms with Crippen molar-refractivity contribution in [2.24, 2.45) is 5.41 Å². The minimum atomic E-state index is -4.17. The maximum absolute atomic E-state index is 11.6. The molecule has 0 aromatic rings. The molecule has 0 radical (unpaired) electrons. The van der Waals surface area contributed by atoms with Gasteiger partial charge in [-0.1, -0.05) is 6.92 Å². The van der Waals surface area contributed by atoms with E-state index < -0.39 is 42.9 Å². The molecule has 0 amide bonds. The van der Waals surface area contributed by atoms with Crippen molar-refractivity contribution in [2.45, 2.75) is 33.0 Å². The van der Waals surface area contributed by atoms with Crippen molar-refractivity contribution in [2.75, 3.05) is 31.3 Å². The average molecular weight is 346 g/mol. The molecule has 0 atom stereocenters. The Bertz CT molecular complexity index is 539. The van der Waals surface area contributed by atoms with Crippen molar-refractivity contribution >= 4 is 20.2 Å². The van der Waals surface area contributed by atoms with Crippen molar-refractivity contribution < 1.29 is 35.0 Å². The van der Waals surface area contributed by atoms with Gasteiger partial charge in [0.1, 0.15) is 0 Å². The molecule has 1 fully saturated rings. The van der Waals surface area contributed by atoms with E-state index in [2.05, 4.69) is 0 Å². The Labute approximate surface area is 125 Å². The molecule has 1 rings (SSSR count). The van der Waals surface area contributed by atoms with Gasteiger partial charge in [-0.3, -0.25) is 8.74 Å². The van der Waals surface area contributed by atoms with Gasteiger partial charge in [-0.05, 0) is 20.3 Å². The van der Waals surface area contributed by atoms with Gasteiger partial charge in [0.25, 0.3) is 20.2 Å². The number of ether oxygens (including phenoxy) is 2. The van der Waals surface area contributed by atoms with E-state index in [0.29, 0.717) is 13.2 Å². The highest BCUT2D eigenvalue weighted by atomic mass is 32.2. The molecule has 0 aromatic carbocycles. The van der Waals surface area contributed by atoms with Crippen LogP contribution in [0.15, 0.2) is 0 Å². The Morgan fingerprint density at radius 3 is 2.05 bits per heavy atom. The van der Waals surface area contributed by atoms with Crippen LogP contribution in [0.25, 0.3) is 0 Å². The first kappa shape index (κ1) is 18.8. The standard InChI is InChI=1S/C11H22O8S2/c1-10(2)17-7-11(3,8-18-10)9-19-21(15,16)6-4-5-20(12,13)14/h4-9H2,1-3H3,(H,12,13,14). The van der Waals surface area contributed by atoms with Crippen molar-refractivity contribution in [3.63, 3.8) is 0 Å². The van der Waals surface area contributed by atoms with Crippen LogP contribution in [0.2, 0.25) is 0 Å². The van der Waals surface area contributed by atoms with Crippen molar-refractivity contribution in [1.29, 1.82) is 0 Å². The molecular weight excluding hydrogens is 324 g/mol. The first-order chi connectivity index (χ1) is 9.33. The molecule has 1 saturated heterocycles. The van der Waals surface area contributed by atoms with E-state index >= 15 is 0 Å². The summed E-state index contributed by atoms with van der Waals surface area (Å²) in [5, 5.41) is 0. The van der Waals surface area contributed by atoms with Gasteiger partial charge in [0.15, 0.2) is 5.79 Å². The highest BCUT2D eigenvalue weighted by Crippen LogP contribution is 2.29. The summed E-state index contributed by atoms with van der Waals surface area (Å²) in [6, 6.07) is 0. The van der Waals surface area contributed by atoms with Crippen LogP contribution in [0.4, 0.5) is 0 Å². The van der Waals surface area contributed by atoms with Gasteiger partial charge >= 0.3 is 0 Å². The molecular formula is C11H22O8S2. The van der Waals surface area contributed by atoms with Crippen LogP contribution in [-0.4, -0.2) is 58.5 Å². The van der Waals surface area contributed by atoms with Crippen LogP contribution < -0.4 is 0 Å². The first-order valence-electron chi connectivity index (χ1n) is 6.43. The summed E-state index contributed by atoms with van der Waals surface area (Å²) in [7, 11) is -8.02. The summed E-state index contributed by atoms with van der Waals surface area (Å²) < 4.78 is 68.7. The first-order valence-corrected chi connectivity index (χ1v) is 9.61. The second-order valence-electron chi connectivity index (χ2n) is 5.95. The summed E-state index contributed by atoms with van der Waals surface area (Å²) in [5.74, 6) is -1.79. The van der Waals surface area contributed by atoms with Gasteiger partial charge in [-0.25, -0.2) is 0 Å². The second-order valence-corrected chi connectivity index (χ2v) is 9.28. The van der Waals surface area contributed by atoms with Gasteiger partial charge in [0, 0.05) is 5.41 Å². The lowest BCUT2D eigenvalue weighted by molar-refractivity contribution is -0.285. The molecule has 0 unspecified atom stereocenters. The highest BCUT2D eigenvalue weighted by Gasteiger charge is 2.37. The van der Waals surface area contributed by atoms with Gasteiger partial charge < -0.3 is 9.47 Å². The molecule has 126 valence electrons. The fourth-order valence-electron chi connectivity index (χ4n) is 1.57. The quantitative estimate of drug-likeness (QED) is 0.520. The van der Waals surface area contributed by atoms with Crippen LogP contribution >= 0.6 is 0 Å². The molecule has 1 aliphatic heterocycles. The monoisotopic (exact) mass is 346 g/mol. The largest absolute Gasteiger partial charge is 0.350 e. The normalized spacial score (nSPS) is 22.1.